The smallest absolute Gasteiger partial charge is 0.169 e. The summed E-state index contributed by atoms with van der Waals surface area (Å²) in [6, 6.07) is 8.70. The Morgan fingerprint density at radius 3 is 2.88 bits per heavy atom. The molecule has 1 heterocycles. The van der Waals surface area contributed by atoms with Crippen molar-refractivity contribution in [2.24, 2.45) is 0 Å². The molecular weight excluding hydrogens is 228 g/mol. The van der Waals surface area contributed by atoms with E-state index in [9.17, 15) is 0 Å². The SMILES string of the molecule is CCCNC(=S)N1CCCc2ccccc2C1. The van der Waals surface area contributed by atoms with Crippen molar-refractivity contribution in [3.8, 4) is 0 Å². The molecule has 1 aliphatic rings. The molecule has 0 spiro atoms. The van der Waals surface area contributed by atoms with Gasteiger partial charge in [0.1, 0.15) is 0 Å². The summed E-state index contributed by atoms with van der Waals surface area (Å²) in [6.45, 7) is 5.14. The zero-order valence-electron chi connectivity index (χ0n) is 10.4. The van der Waals surface area contributed by atoms with Crippen molar-refractivity contribution in [2.75, 3.05) is 13.1 Å². The minimum Gasteiger partial charge on any atom is -0.363 e. The quantitative estimate of drug-likeness (QED) is 0.810. The minimum absolute atomic E-state index is 0.906. The highest BCUT2D eigenvalue weighted by atomic mass is 32.1. The van der Waals surface area contributed by atoms with Crippen LogP contribution in [0.1, 0.15) is 30.9 Å². The fourth-order valence-electron chi connectivity index (χ4n) is 2.22. The second-order valence-electron chi connectivity index (χ2n) is 4.53. The van der Waals surface area contributed by atoms with E-state index in [4.69, 9.17) is 12.2 Å². The van der Waals surface area contributed by atoms with Crippen LogP contribution in [0.2, 0.25) is 0 Å². The number of thiocarbonyl (C=S) groups is 1. The van der Waals surface area contributed by atoms with Crippen LogP contribution in [0.5, 0.6) is 0 Å². The van der Waals surface area contributed by atoms with Gasteiger partial charge in [-0.25, -0.2) is 0 Å². The molecule has 1 aliphatic heterocycles. The maximum atomic E-state index is 5.44. The normalized spacial score (nSPS) is 15.0. The van der Waals surface area contributed by atoms with Gasteiger partial charge >= 0.3 is 0 Å². The van der Waals surface area contributed by atoms with Gasteiger partial charge in [-0.1, -0.05) is 31.2 Å². The lowest BCUT2D eigenvalue weighted by atomic mass is 10.0. The van der Waals surface area contributed by atoms with Gasteiger partial charge in [-0.3, -0.25) is 0 Å². The number of aryl methyl sites for hydroxylation is 1. The molecule has 0 aliphatic carbocycles. The van der Waals surface area contributed by atoms with Crippen molar-refractivity contribution in [2.45, 2.75) is 32.7 Å². The molecule has 0 amide bonds. The summed E-state index contributed by atoms with van der Waals surface area (Å²) in [5.41, 5.74) is 2.90. The van der Waals surface area contributed by atoms with Gasteiger partial charge in [0.05, 0.1) is 0 Å². The first kappa shape index (κ1) is 12.4. The predicted molar refractivity (Wildman–Crippen MR) is 76.1 cm³/mol. The number of fused-ring (bicyclic) bond motifs is 1. The van der Waals surface area contributed by atoms with Crippen molar-refractivity contribution in [1.82, 2.24) is 10.2 Å². The highest BCUT2D eigenvalue weighted by Gasteiger charge is 2.15. The third-order valence-corrected chi connectivity index (χ3v) is 3.57. The zero-order valence-corrected chi connectivity index (χ0v) is 11.2. The number of hydrogen-bond donors (Lipinski definition) is 1. The van der Waals surface area contributed by atoms with Crippen molar-refractivity contribution in [1.29, 1.82) is 0 Å². The van der Waals surface area contributed by atoms with Crippen molar-refractivity contribution < 1.29 is 0 Å². The van der Waals surface area contributed by atoms with E-state index in [0.717, 1.165) is 31.2 Å². The minimum atomic E-state index is 0.906. The zero-order chi connectivity index (χ0) is 12.1. The van der Waals surface area contributed by atoms with Crippen LogP contribution >= 0.6 is 12.2 Å². The van der Waals surface area contributed by atoms with Crippen LogP contribution in [0, 0.1) is 0 Å². The van der Waals surface area contributed by atoms with Gasteiger partial charge in [0.15, 0.2) is 5.11 Å². The average molecular weight is 248 g/mol. The Morgan fingerprint density at radius 2 is 2.12 bits per heavy atom. The molecule has 0 aromatic heterocycles. The summed E-state index contributed by atoms with van der Waals surface area (Å²) in [7, 11) is 0. The molecule has 2 rings (SSSR count). The van der Waals surface area contributed by atoms with Crippen LogP contribution in [0.4, 0.5) is 0 Å². The van der Waals surface area contributed by atoms with Gasteiger partial charge in [0, 0.05) is 19.6 Å². The number of rotatable bonds is 2. The molecule has 0 saturated heterocycles. The Bertz CT molecular complexity index is 390. The average Bonchev–Trinajstić information content (AvgIpc) is 2.58. The second kappa shape index (κ2) is 6.01. The van der Waals surface area contributed by atoms with E-state index in [1.807, 2.05) is 0 Å². The first-order valence-corrected chi connectivity index (χ1v) is 6.81. The molecule has 1 aromatic carbocycles. The summed E-state index contributed by atoms with van der Waals surface area (Å²) in [5, 5.41) is 4.22. The Balaban J connectivity index is 2.05. The molecule has 2 nitrogen and oxygen atoms in total. The van der Waals surface area contributed by atoms with Crippen molar-refractivity contribution in [3.63, 3.8) is 0 Å². The Hall–Kier alpha value is -1.09. The van der Waals surface area contributed by atoms with E-state index in [-0.39, 0.29) is 0 Å². The molecule has 1 N–H and O–H groups in total. The molecule has 1 aromatic rings. The number of nitrogens with one attached hydrogen (secondary N) is 1. The fourth-order valence-corrected chi connectivity index (χ4v) is 2.48. The summed E-state index contributed by atoms with van der Waals surface area (Å²) in [6.07, 6.45) is 3.47. The fraction of sp³-hybridized carbons (Fsp3) is 0.500. The number of nitrogens with zero attached hydrogens (tertiary/aromatic N) is 1. The van der Waals surface area contributed by atoms with Crippen molar-refractivity contribution >= 4 is 17.3 Å². The topological polar surface area (TPSA) is 15.3 Å². The van der Waals surface area contributed by atoms with Gasteiger partial charge in [-0.05, 0) is 42.6 Å². The summed E-state index contributed by atoms with van der Waals surface area (Å²) in [4.78, 5) is 2.29. The lowest BCUT2D eigenvalue weighted by molar-refractivity contribution is 0.410. The molecule has 0 unspecified atom stereocenters. The highest BCUT2D eigenvalue weighted by Crippen LogP contribution is 2.18. The Morgan fingerprint density at radius 1 is 1.35 bits per heavy atom. The summed E-state index contributed by atoms with van der Waals surface area (Å²) < 4.78 is 0. The first-order chi connectivity index (χ1) is 8.31. The Labute approximate surface area is 109 Å². The van der Waals surface area contributed by atoms with Crippen LogP contribution in [0.3, 0.4) is 0 Å². The van der Waals surface area contributed by atoms with Gasteiger partial charge in [-0.2, -0.15) is 0 Å². The standard InChI is InChI=1S/C14H20N2S/c1-2-9-15-14(17)16-10-5-8-12-6-3-4-7-13(12)11-16/h3-4,6-7H,2,5,8-11H2,1H3,(H,15,17). The van der Waals surface area contributed by atoms with Gasteiger partial charge in [-0.15, -0.1) is 0 Å². The van der Waals surface area contributed by atoms with Crippen LogP contribution in [-0.4, -0.2) is 23.1 Å². The van der Waals surface area contributed by atoms with E-state index >= 15 is 0 Å². The number of hydrogen-bond acceptors (Lipinski definition) is 1. The van der Waals surface area contributed by atoms with Crippen LogP contribution < -0.4 is 5.32 Å². The molecule has 0 saturated carbocycles. The van der Waals surface area contributed by atoms with E-state index in [2.05, 4.69) is 41.4 Å². The maximum Gasteiger partial charge on any atom is 0.169 e. The molecule has 17 heavy (non-hydrogen) atoms. The molecular formula is C14H20N2S. The van der Waals surface area contributed by atoms with Crippen LogP contribution in [0.25, 0.3) is 0 Å². The molecule has 3 heteroatoms. The van der Waals surface area contributed by atoms with Gasteiger partial charge < -0.3 is 10.2 Å². The first-order valence-electron chi connectivity index (χ1n) is 6.41. The van der Waals surface area contributed by atoms with E-state index < -0.39 is 0 Å². The highest BCUT2D eigenvalue weighted by molar-refractivity contribution is 7.80. The lowest BCUT2D eigenvalue weighted by Gasteiger charge is -2.24. The molecule has 0 atom stereocenters. The molecule has 0 fully saturated rings. The lowest BCUT2D eigenvalue weighted by Crippen LogP contribution is -2.39. The predicted octanol–water partition coefficient (Wildman–Crippen LogP) is 2.72. The third-order valence-electron chi connectivity index (χ3n) is 3.17. The largest absolute Gasteiger partial charge is 0.363 e. The van der Waals surface area contributed by atoms with Crippen LogP contribution in [-0.2, 0) is 13.0 Å². The molecule has 0 radical (unpaired) electrons. The second-order valence-corrected chi connectivity index (χ2v) is 4.91. The van der Waals surface area contributed by atoms with E-state index in [1.54, 1.807) is 0 Å². The van der Waals surface area contributed by atoms with Gasteiger partial charge in [0.2, 0.25) is 0 Å². The molecule has 0 bridgehead atoms. The third kappa shape index (κ3) is 3.19. The number of benzene rings is 1. The monoisotopic (exact) mass is 248 g/mol. The maximum absolute atomic E-state index is 5.44. The molecule has 92 valence electrons. The summed E-state index contributed by atoms with van der Waals surface area (Å²) in [5.74, 6) is 0. The van der Waals surface area contributed by atoms with Gasteiger partial charge in [0.25, 0.3) is 0 Å². The van der Waals surface area contributed by atoms with Crippen molar-refractivity contribution in [3.05, 3.63) is 35.4 Å². The Kier molecular flexibility index (Phi) is 4.37. The summed E-state index contributed by atoms with van der Waals surface area (Å²) >= 11 is 5.44. The van der Waals surface area contributed by atoms with E-state index in [0.29, 0.717) is 0 Å². The van der Waals surface area contributed by atoms with E-state index in [1.165, 1.54) is 24.0 Å². The van der Waals surface area contributed by atoms with Crippen LogP contribution in [0.15, 0.2) is 24.3 Å².